The van der Waals surface area contributed by atoms with Gasteiger partial charge in [-0.25, -0.2) is 0 Å². The van der Waals surface area contributed by atoms with Crippen molar-refractivity contribution in [2.75, 3.05) is 18.6 Å². The van der Waals surface area contributed by atoms with Crippen molar-refractivity contribution in [2.45, 2.75) is 33.7 Å². The number of rotatable bonds is 7. The average Bonchev–Trinajstić information content (AvgIpc) is 3.13. The van der Waals surface area contributed by atoms with E-state index in [0.717, 1.165) is 62.7 Å². The molecular weight excluding hydrogens is 378 g/mol. The lowest BCUT2D eigenvalue weighted by Crippen LogP contribution is -2.23. The van der Waals surface area contributed by atoms with Crippen molar-refractivity contribution in [1.82, 2.24) is 10.2 Å². The molecule has 0 aliphatic carbocycles. The minimum absolute atomic E-state index is 0.725. The van der Waals surface area contributed by atoms with Crippen molar-refractivity contribution in [2.24, 2.45) is 0 Å². The smallest absolute Gasteiger partial charge is 0.208 e. The minimum atomic E-state index is 0.725. The summed E-state index contributed by atoms with van der Waals surface area (Å²) in [6.45, 7) is 7.90. The SMILES string of the molecule is CCCN(Cc1ccccc1Cl)c1nnc(-c2cc(C)c(OC)c(C)c2)s1. The number of benzene rings is 2. The number of ether oxygens (including phenoxy) is 1. The van der Waals surface area contributed by atoms with Crippen LogP contribution < -0.4 is 9.64 Å². The molecule has 142 valence electrons. The van der Waals surface area contributed by atoms with Gasteiger partial charge in [-0.15, -0.1) is 10.2 Å². The van der Waals surface area contributed by atoms with Gasteiger partial charge in [-0.05, 0) is 55.2 Å². The first-order valence-corrected chi connectivity index (χ1v) is 10.2. The minimum Gasteiger partial charge on any atom is -0.496 e. The maximum Gasteiger partial charge on any atom is 0.208 e. The van der Waals surface area contributed by atoms with Crippen LogP contribution in [0.3, 0.4) is 0 Å². The van der Waals surface area contributed by atoms with Gasteiger partial charge in [-0.3, -0.25) is 0 Å². The fourth-order valence-electron chi connectivity index (χ4n) is 3.20. The molecule has 6 heteroatoms. The lowest BCUT2D eigenvalue weighted by atomic mass is 10.1. The molecule has 1 aromatic heterocycles. The van der Waals surface area contributed by atoms with Gasteiger partial charge in [0.25, 0.3) is 0 Å². The molecule has 0 fully saturated rings. The summed E-state index contributed by atoms with van der Waals surface area (Å²) in [5, 5.41) is 11.5. The van der Waals surface area contributed by atoms with Crippen molar-refractivity contribution < 1.29 is 4.74 Å². The fourth-order valence-corrected chi connectivity index (χ4v) is 4.25. The normalized spacial score (nSPS) is 10.9. The first-order chi connectivity index (χ1) is 13.0. The largest absolute Gasteiger partial charge is 0.496 e. The Labute approximate surface area is 169 Å². The number of aromatic nitrogens is 2. The summed E-state index contributed by atoms with van der Waals surface area (Å²) < 4.78 is 5.47. The van der Waals surface area contributed by atoms with Crippen molar-refractivity contribution in [3.05, 3.63) is 58.1 Å². The second-order valence-electron chi connectivity index (χ2n) is 6.55. The lowest BCUT2D eigenvalue weighted by molar-refractivity contribution is 0.408. The number of hydrogen-bond donors (Lipinski definition) is 0. The molecule has 0 bridgehead atoms. The van der Waals surface area contributed by atoms with E-state index in [9.17, 15) is 0 Å². The quantitative estimate of drug-likeness (QED) is 0.494. The highest BCUT2D eigenvalue weighted by atomic mass is 35.5. The molecule has 0 spiro atoms. The Morgan fingerprint density at radius 1 is 1.11 bits per heavy atom. The summed E-state index contributed by atoms with van der Waals surface area (Å²) in [5.74, 6) is 0.926. The first kappa shape index (κ1) is 19.6. The van der Waals surface area contributed by atoms with Crippen LogP contribution in [-0.4, -0.2) is 23.9 Å². The molecule has 2 aromatic carbocycles. The van der Waals surface area contributed by atoms with Crippen LogP contribution in [0, 0.1) is 13.8 Å². The molecule has 0 unspecified atom stereocenters. The van der Waals surface area contributed by atoms with Gasteiger partial charge in [-0.2, -0.15) is 0 Å². The second kappa shape index (κ2) is 8.72. The monoisotopic (exact) mass is 401 g/mol. The van der Waals surface area contributed by atoms with Crippen molar-refractivity contribution in [3.63, 3.8) is 0 Å². The van der Waals surface area contributed by atoms with E-state index in [2.05, 4.69) is 54.1 Å². The molecule has 27 heavy (non-hydrogen) atoms. The molecule has 0 aliphatic heterocycles. The highest BCUT2D eigenvalue weighted by molar-refractivity contribution is 7.18. The Hall–Kier alpha value is -2.11. The Balaban J connectivity index is 1.89. The number of methoxy groups -OCH3 is 1. The maximum absolute atomic E-state index is 6.35. The molecule has 0 aliphatic rings. The van der Waals surface area contributed by atoms with E-state index < -0.39 is 0 Å². The zero-order chi connectivity index (χ0) is 19.4. The van der Waals surface area contributed by atoms with Crippen LogP contribution in [0.2, 0.25) is 5.02 Å². The van der Waals surface area contributed by atoms with Crippen molar-refractivity contribution in [1.29, 1.82) is 0 Å². The van der Waals surface area contributed by atoms with E-state index in [1.165, 1.54) is 0 Å². The van der Waals surface area contributed by atoms with E-state index in [4.69, 9.17) is 16.3 Å². The van der Waals surface area contributed by atoms with E-state index in [1.54, 1.807) is 18.4 Å². The topological polar surface area (TPSA) is 38.2 Å². The van der Waals surface area contributed by atoms with Gasteiger partial charge in [0, 0.05) is 23.7 Å². The lowest BCUT2D eigenvalue weighted by Gasteiger charge is -2.21. The number of halogens is 1. The van der Waals surface area contributed by atoms with Gasteiger partial charge >= 0.3 is 0 Å². The number of aryl methyl sites for hydroxylation is 2. The van der Waals surface area contributed by atoms with Gasteiger partial charge < -0.3 is 9.64 Å². The Bertz CT molecular complexity index is 902. The molecule has 3 aromatic rings. The molecular formula is C21H24ClN3OS. The van der Waals surface area contributed by atoms with Crippen LogP contribution in [0.5, 0.6) is 5.75 Å². The molecule has 0 atom stereocenters. The van der Waals surface area contributed by atoms with Crippen molar-refractivity contribution in [3.8, 4) is 16.3 Å². The van der Waals surface area contributed by atoms with Crippen LogP contribution in [-0.2, 0) is 6.54 Å². The van der Waals surface area contributed by atoms with Crippen LogP contribution >= 0.6 is 22.9 Å². The summed E-state index contributed by atoms with van der Waals surface area (Å²) in [4.78, 5) is 2.24. The summed E-state index contributed by atoms with van der Waals surface area (Å²) >= 11 is 7.96. The van der Waals surface area contributed by atoms with E-state index in [1.807, 2.05) is 18.2 Å². The van der Waals surface area contributed by atoms with E-state index >= 15 is 0 Å². The predicted octanol–water partition coefficient (Wildman–Crippen LogP) is 5.90. The third-order valence-electron chi connectivity index (χ3n) is 4.41. The molecule has 1 heterocycles. The van der Waals surface area contributed by atoms with E-state index in [0.29, 0.717) is 0 Å². The fraction of sp³-hybridized carbons (Fsp3) is 0.333. The Kier molecular flexibility index (Phi) is 6.34. The zero-order valence-electron chi connectivity index (χ0n) is 16.1. The second-order valence-corrected chi connectivity index (χ2v) is 7.91. The summed E-state index contributed by atoms with van der Waals surface area (Å²) in [7, 11) is 1.70. The average molecular weight is 402 g/mol. The number of hydrogen-bond acceptors (Lipinski definition) is 5. The summed E-state index contributed by atoms with van der Waals surface area (Å²) in [5.41, 5.74) is 4.38. The molecule has 4 nitrogen and oxygen atoms in total. The highest BCUT2D eigenvalue weighted by Crippen LogP contribution is 2.34. The van der Waals surface area contributed by atoms with Crippen LogP contribution in [0.15, 0.2) is 36.4 Å². The summed E-state index contributed by atoms with van der Waals surface area (Å²) in [6, 6.07) is 12.2. The van der Waals surface area contributed by atoms with Crippen molar-refractivity contribution >= 4 is 28.1 Å². The van der Waals surface area contributed by atoms with Crippen LogP contribution in [0.4, 0.5) is 5.13 Å². The third-order valence-corrected chi connectivity index (χ3v) is 5.81. The third kappa shape index (κ3) is 4.42. The van der Waals surface area contributed by atoms with Crippen LogP contribution in [0.1, 0.15) is 30.0 Å². The first-order valence-electron chi connectivity index (χ1n) is 9.01. The molecule has 0 radical (unpaired) electrons. The van der Waals surface area contributed by atoms with Gasteiger partial charge in [0.15, 0.2) is 0 Å². The molecule has 0 N–H and O–H groups in total. The summed E-state index contributed by atoms with van der Waals surface area (Å²) in [6.07, 6.45) is 1.03. The predicted molar refractivity (Wildman–Crippen MR) is 114 cm³/mol. The maximum atomic E-state index is 6.35. The highest BCUT2D eigenvalue weighted by Gasteiger charge is 2.16. The van der Waals surface area contributed by atoms with E-state index in [-0.39, 0.29) is 0 Å². The molecule has 0 amide bonds. The molecule has 0 saturated heterocycles. The van der Waals surface area contributed by atoms with Gasteiger partial charge in [0.05, 0.1) is 7.11 Å². The van der Waals surface area contributed by atoms with Gasteiger partial charge in [0.2, 0.25) is 5.13 Å². The molecule has 0 saturated carbocycles. The zero-order valence-corrected chi connectivity index (χ0v) is 17.7. The van der Waals surface area contributed by atoms with Gasteiger partial charge in [-0.1, -0.05) is 48.1 Å². The Morgan fingerprint density at radius 2 is 1.81 bits per heavy atom. The molecule has 3 rings (SSSR count). The standard InChI is InChI=1S/C21H24ClN3OS/c1-5-10-25(13-16-8-6-7-9-18(16)22)21-24-23-20(27-21)17-11-14(2)19(26-4)15(3)12-17/h6-9,11-12H,5,10,13H2,1-4H3. The number of nitrogens with zero attached hydrogens (tertiary/aromatic N) is 3. The Morgan fingerprint density at radius 3 is 2.44 bits per heavy atom. The van der Waals surface area contributed by atoms with Gasteiger partial charge in [0.1, 0.15) is 10.8 Å². The van der Waals surface area contributed by atoms with Crippen LogP contribution in [0.25, 0.3) is 10.6 Å². The number of anilines is 1.